The van der Waals surface area contributed by atoms with E-state index in [2.05, 4.69) is 15.9 Å². The zero-order valence-electron chi connectivity index (χ0n) is 10.6. The Bertz CT molecular complexity index is 592. The molecule has 1 unspecified atom stereocenters. The van der Waals surface area contributed by atoms with E-state index in [-0.39, 0.29) is 15.1 Å². The number of hydrogen-bond donors (Lipinski definition) is 1. The van der Waals surface area contributed by atoms with Crippen molar-refractivity contribution >= 4 is 31.6 Å². The predicted octanol–water partition coefficient (Wildman–Crippen LogP) is 2.59. The van der Waals surface area contributed by atoms with Crippen LogP contribution >= 0.6 is 15.9 Å². The summed E-state index contributed by atoms with van der Waals surface area (Å²) in [6, 6.07) is 2.27. The fourth-order valence-electron chi connectivity index (χ4n) is 2.26. The summed E-state index contributed by atoms with van der Waals surface area (Å²) in [4.78, 5) is -0.0301. The third kappa shape index (κ3) is 2.78. The summed E-state index contributed by atoms with van der Waals surface area (Å²) in [5.41, 5.74) is 5.59. The maximum absolute atomic E-state index is 13.3. The highest BCUT2D eigenvalue weighted by atomic mass is 79.9. The molecule has 2 rings (SSSR count). The molecule has 4 nitrogen and oxygen atoms in total. The third-order valence-electron chi connectivity index (χ3n) is 3.50. The Morgan fingerprint density at radius 2 is 2.21 bits per heavy atom. The number of hydrogen-bond acceptors (Lipinski definition) is 3. The van der Waals surface area contributed by atoms with Crippen molar-refractivity contribution in [3.63, 3.8) is 0 Å². The van der Waals surface area contributed by atoms with Gasteiger partial charge in [-0.05, 0) is 40.4 Å². The Kier molecular flexibility index (Phi) is 4.17. The van der Waals surface area contributed by atoms with Crippen molar-refractivity contribution < 1.29 is 12.8 Å². The minimum absolute atomic E-state index is 0.0301. The molecule has 0 bridgehead atoms. The van der Waals surface area contributed by atoms with Gasteiger partial charge in [-0.2, -0.15) is 4.31 Å². The first-order valence-corrected chi connectivity index (χ1v) is 8.34. The van der Waals surface area contributed by atoms with Crippen LogP contribution in [0.25, 0.3) is 0 Å². The Labute approximate surface area is 121 Å². The topological polar surface area (TPSA) is 63.4 Å². The molecule has 0 aromatic heterocycles. The van der Waals surface area contributed by atoms with E-state index in [0.29, 0.717) is 19.0 Å². The van der Waals surface area contributed by atoms with Gasteiger partial charge < -0.3 is 5.73 Å². The fourth-order valence-corrected chi connectivity index (χ4v) is 4.40. The van der Waals surface area contributed by atoms with E-state index >= 15 is 0 Å². The third-order valence-corrected chi connectivity index (χ3v) is 6.03. The average molecular weight is 351 g/mol. The summed E-state index contributed by atoms with van der Waals surface area (Å²) in [6.45, 7) is 3.05. The lowest BCUT2D eigenvalue weighted by molar-refractivity contribution is 0.453. The first-order chi connectivity index (χ1) is 8.86. The number of benzene rings is 1. The van der Waals surface area contributed by atoms with Crippen LogP contribution in [0.3, 0.4) is 0 Å². The Hall–Kier alpha value is -0.660. The van der Waals surface area contributed by atoms with E-state index in [4.69, 9.17) is 5.73 Å². The van der Waals surface area contributed by atoms with Crippen molar-refractivity contribution in [1.29, 1.82) is 0 Å². The van der Waals surface area contributed by atoms with Crippen molar-refractivity contribution in [3.05, 3.63) is 22.4 Å². The van der Waals surface area contributed by atoms with E-state index in [1.54, 1.807) is 0 Å². The van der Waals surface area contributed by atoms with Gasteiger partial charge in [0, 0.05) is 13.1 Å². The molecule has 0 spiro atoms. The van der Waals surface area contributed by atoms with Crippen LogP contribution in [0.1, 0.15) is 19.8 Å². The van der Waals surface area contributed by atoms with Crippen molar-refractivity contribution in [2.75, 3.05) is 18.8 Å². The normalized spacial score (nSPS) is 20.9. The Morgan fingerprint density at radius 1 is 1.53 bits per heavy atom. The minimum Gasteiger partial charge on any atom is -0.398 e. The van der Waals surface area contributed by atoms with Gasteiger partial charge >= 0.3 is 0 Å². The first-order valence-electron chi connectivity index (χ1n) is 6.11. The average Bonchev–Trinajstić information content (AvgIpc) is 2.83. The summed E-state index contributed by atoms with van der Waals surface area (Å²) in [5, 5.41) is 0. The van der Waals surface area contributed by atoms with Gasteiger partial charge in [0.25, 0.3) is 0 Å². The molecule has 106 valence electrons. The van der Waals surface area contributed by atoms with E-state index < -0.39 is 15.8 Å². The number of nitrogen functional groups attached to an aromatic ring is 1. The lowest BCUT2D eigenvalue weighted by Crippen LogP contribution is -2.29. The zero-order valence-corrected chi connectivity index (χ0v) is 13.0. The molecule has 7 heteroatoms. The molecule has 1 heterocycles. The summed E-state index contributed by atoms with van der Waals surface area (Å²) in [6.07, 6.45) is 1.81. The number of halogens is 2. The number of sulfonamides is 1. The van der Waals surface area contributed by atoms with Gasteiger partial charge in [0.1, 0.15) is 10.7 Å². The summed E-state index contributed by atoms with van der Waals surface area (Å²) >= 11 is 2.99. The van der Waals surface area contributed by atoms with Crippen LogP contribution < -0.4 is 5.73 Å². The molecule has 0 aliphatic carbocycles. The second kappa shape index (κ2) is 5.38. The second-order valence-electron chi connectivity index (χ2n) is 4.73. The summed E-state index contributed by atoms with van der Waals surface area (Å²) < 4.78 is 39.8. The first kappa shape index (κ1) is 14.7. The van der Waals surface area contributed by atoms with Crippen LogP contribution in [0.15, 0.2) is 21.5 Å². The summed E-state index contributed by atoms with van der Waals surface area (Å²) in [5.74, 6) is -0.177. The van der Waals surface area contributed by atoms with Gasteiger partial charge in [-0.3, -0.25) is 0 Å². The van der Waals surface area contributed by atoms with E-state index in [0.717, 1.165) is 18.9 Å². The zero-order chi connectivity index (χ0) is 14.2. The highest BCUT2D eigenvalue weighted by Crippen LogP contribution is 2.31. The van der Waals surface area contributed by atoms with E-state index in [1.165, 1.54) is 10.4 Å². The van der Waals surface area contributed by atoms with Gasteiger partial charge in [-0.25, -0.2) is 12.8 Å². The molecule has 0 saturated carbocycles. The molecule has 1 fully saturated rings. The largest absolute Gasteiger partial charge is 0.398 e. The molecular weight excluding hydrogens is 335 g/mol. The predicted molar refractivity (Wildman–Crippen MR) is 75.7 cm³/mol. The summed E-state index contributed by atoms with van der Waals surface area (Å²) in [7, 11) is -3.64. The minimum atomic E-state index is -3.64. The van der Waals surface area contributed by atoms with Crippen LogP contribution in [0.5, 0.6) is 0 Å². The van der Waals surface area contributed by atoms with Gasteiger partial charge in [0.2, 0.25) is 10.0 Å². The van der Waals surface area contributed by atoms with Gasteiger partial charge in [-0.15, -0.1) is 0 Å². The molecular formula is C12H16BrFN2O2S. The molecule has 0 radical (unpaired) electrons. The molecule has 1 saturated heterocycles. The molecule has 1 atom stereocenters. The maximum Gasteiger partial charge on any atom is 0.245 e. The van der Waals surface area contributed by atoms with Crippen LogP contribution in [0, 0.1) is 11.7 Å². The van der Waals surface area contributed by atoms with Crippen molar-refractivity contribution in [2.24, 2.45) is 5.92 Å². The number of anilines is 1. The highest BCUT2D eigenvalue weighted by molar-refractivity contribution is 9.10. The molecule has 1 aliphatic heterocycles. The van der Waals surface area contributed by atoms with Gasteiger partial charge in [0.05, 0.1) is 10.2 Å². The molecule has 1 aromatic rings. The van der Waals surface area contributed by atoms with Crippen LogP contribution in [0.2, 0.25) is 0 Å². The molecule has 1 aliphatic rings. The Morgan fingerprint density at radius 3 is 2.79 bits per heavy atom. The lowest BCUT2D eigenvalue weighted by atomic mass is 10.1. The second-order valence-corrected chi connectivity index (χ2v) is 7.49. The lowest BCUT2D eigenvalue weighted by Gasteiger charge is -2.18. The van der Waals surface area contributed by atoms with Gasteiger partial charge in [0.15, 0.2) is 0 Å². The monoisotopic (exact) mass is 350 g/mol. The van der Waals surface area contributed by atoms with Crippen molar-refractivity contribution in [2.45, 2.75) is 24.7 Å². The standard InChI is InChI=1S/C12H16BrFN2O2S/c1-2-8-3-4-16(7-8)19(17,18)12-5-9(13)10(14)6-11(12)15/h5-6,8H,2-4,7,15H2,1H3. The van der Waals surface area contributed by atoms with Crippen molar-refractivity contribution in [3.8, 4) is 0 Å². The van der Waals surface area contributed by atoms with E-state index in [9.17, 15) is 12.8 Å². The smallest absolute Gasteiger partial charge is 0.245 e. The Balaban J connectivity index is 2.38. The maximum atomic E-state index is 13.3. The molecule has 0 amide bonds. The highest BCUT2D eigenvalue weighted by Gasteiger charge is 2.33. The number of rotatable bonds is 3. The van der Waals surface area contributed by atoms with Crippen molar-refractivity contribution in [1.82, 2.24) is 4.31 Å². The van der Waals surface area contributed by atoms with Crippen LogP contribution in [-0.2, 0) is 10.0 Å². The van der Waals surface area contributed by atoms with E-state index in [1.807, 2.05) is 6.92 Å². The molecule has 1 aromatic carbocycles. The van der Waals surface area contributed by atoms with Crippen LogP contribution in [0.4, 0.5) is 10.1 Å². The molecule has 2 N–H and O–H groups in total. The van der Waals surface area contributed by atoms with Crippen LogP contribution in [-0.4, -0.2) is 25.8 Å². The number of nitrogens with zero attached hydrogens (tertiary/aromatic N) is 1. The molecule has 19 heavy (non-hydrogen) atoms. The quantitative estimate of drug-likeness (QED) is 0.852. The number of nitrogens with two attached hydrogens (primary N) is 1. The van der Waals surface area contributed by atoms with Gasteiger partial charge in [-0.1, -0.05) is 13.3 Å². The fraction of sp³-hybridized carbons (Fsp3) is 0.500. The SMILES string of the molecule is CCC1CCN(S(=O)(=O)c2cc(Br)c(F)cc2N)C1.